The molecule has 1 rings (SSSR count). The Hall–Kier alpha value is -0.730. The van der Waals surface area contributed by atoms with Crippen molar-refractivity contribution in [3.05, 3.63) is 23.8 Å². The van der Waals surface area contributed by atoms with Crippen LogP contribution in [0.3, 0.4) is 0 Å². The molecule has 0 atom stereocenters. The summed E-state index contributed by atoms with van der Waals surface area (Å²) in [5, 5.41) is 0. The summed E-state index contributed by atoms with van der Waals surface area (Å²) < 4.78 is 0.810. The van der Waals surface area contributed by atoms with Crippen molar-refractivity contribution in [1.29, 1.82) is 0 Å². The lowest BCUT2D eigenvalue weighted by Gasteiger charge is -2.23. The highest BCUT2D eigenvalue weighted by atomic mass is 35.5. The molecule has 13 heavy (non-hydrogen) atoms. The highest BCUT2D eigenvalue weighted by Crippen LogP contribution is 2.22. The van der Waals surface area contributed by atoms with E-state index < -0.39 is 0 Å². The Balaban J connectivity index is 0.00000144. The van der Waals surface area contributed by atoms with E-state index in [9.17, 15) is 0 Å². The number of hydrogen-bond acceptors (Lipinski definition) is 1. The molecule has 0 saturated carbocycles. The van der Waals surface area contributed by atoms with Crippen LogP contribution >= 0.6 is 0 Å². The number of benzene rings is 1. The van der Waals surface area contributed by atoms with E-state index in [1.165, 1.54) is 5.69 Å². The van der Waals surface area contributed by atoms with Crippen molar-refractivity contribution in [3.63, 3.8) is 0 Å². The molecule has 0 fully saturated rings. The maximum atomic E-state index is 5.81. The summed E-state index contributed by atoms with van der Waals surface area (Å²) in [6.07, 6.45) is 0. The van der Waals surface area contributed by atoms with E-state index in [2.05, 4.69) is 33.3 Å². The number of nitrogen functional groups attached to an aromatic ring is 1. The molecule has 0 aliphatic carbocycles. The number of nitrogens with zero attached hydrogens (tertiary/aromatic N) is 1. The Labute approximate surface area is 86.4 Å². The van der Waals surface area contributed by atoms with Gasteiger partial charge in [-0.3, -0.25) is 4.48 Å². The van der Waals surface area contributed by atoms with E-state index in [-0.39, 0.29) is 12.4 Å². The molecule has 74 valence electrons. The first-order valence-corrected chi connectivity index (χ1v) is 4.09. The van der Waals surface area contributed by atoms with Crippen molar-refractivity contribution in [2.75, 3.05) is 26.9 Å². The lowest BCUT2D eigenvalue weighted by atomic mass is 10.1. The first-order valence-electron chi connectivity index (χ1n) is 4.09. The fourth-order valence-corrected chi connectivity index (χ4v) is 1.05. The molecule has 2 nitrogen and oxygen atoms in total. The molecule has 1 aromatic carbocycles. The van der Waals surface area contributed by atoms with Crippen LogP contribution in [0.4, 0.5) is 11.4 Å². The lowest BCUT2D eigenvalue weighted by molar-refractivity contribution is -0.00000287. The van der Waals surface area contributed by atoms with Gasteiger partial charge in [-0.2, -0.15) is 0 Å². The number of quaternary nitrogens is 1. The Bertz CT molecular complexity index is 289. The van der Waals surface area contributed by atoms with Gasteiger partial charge in [0.25, 0.3) is 0 Å². The molecule has 2 N–H and O–H groups in total. The normalized spacial score (nSPS) is 10.8. The Kier molecular flexibility index (Phi) is 3.76. The van der Waals surface area contributed by atoms with Crippen LogP contribution in [0.5, 0.6) is 0 Å². The number of anilines is 1. The third kappa shape index (κ3) is 2.90. The van der Waals surface area contributed by atoms with Crippen LogP contribution in [0.15, 0.2) is 18.2 Å². The van der Waals surface area contributed by atoms with Crippen molar-refractivity contribution in [3.8, 4) is 0 Å². The smallest absolute Gasteiger partial charge is 0.134 e. The highest BCUT2D eigenvalue weighted by molar-refractivity contribution is 5.57. The number of nitrogens with two attached hydrogens (primary N) is 1. The van der Waals surface area contributed by atoms with Crippen LogP contribution in [0.25, 0.3) is 0 Å². The third-order valence-corrected chi connectivity index (χ3v) is 2.04. The van der Waals surface area contributed by atoms with E-state index in [0.29, 0.717) is 0 Å². The first-order chi connectivity index (χ1) is 5.41. The van der Waals surface area contributed by atoms with Gasteiger partial charge in [-0.25, -0.2) is 0 Å². The summed E-state index contributed by atoms with van der Waals surface area (Å²) in [4.78, 5) is 0. The predicted molar refractivity (Wildman–Crippen MR) is 55.2 cm³/mol. The van der Waals surface area contributed by atoms with Gasteiger partial charge in [-0.05, 0) is 18.6 Å². The van der Waals surface area contributed by atoms with Gasteiger partial charge in [0, 0.05) is 11.8 Å². The zero-order chi connectivity index (χ0) is 9.35. The van der Waals surface area contributed by atoms with Crippen molar-refractivity contribution in [1.82, 2.24) is 4.48 Å². The minimum atomic E-state index is 0. The molecule has 1 aromatic rings. The number of hydrogen-bond donors (Lipinski definition) is 1. The van der Waals surface area contributed by atoms with Gasteiger partial charge in [0.2, 0.25) is 0 Å². The van der Waals surface area contributed by atoms with E-state index in [1.807, 2.05) is 13.0 Å². The molecule has 0 aliphatic rings. The molecule has 3 heteroatoms. The molecule has 0 unspecified atom stereocenters. The van der Waals surface area contributed by atoms with Gasteiger partial charge in [0.1, 0.15) is 5.69 Å². The van der Waals surface area contributed by atoms with Gasteiger partial charge < -0.3 is 18.1 Å². The van der Waals surface area contributed by atoms with Crippen LogP contribution in [-0.4, -0.2) is 21.1 Å². The van der Waals surface area contributed by atoms with Crippen LogP contribution in [0.2, 0.25) is 0 Å². The maximum absolute atomic E-state index is 5.81. The van der Waals surface area contributed by atoms with Gasteiger partial charge >= 0.3 is 0 Å². The molecule has 0 heterocycles. The van der Waals surface area contributed by atoms with Crippen LogP contribution in [-0.2, 0) is 0 Å². The molecule has 0 aliphatic heterocycles. The van der Waals surface area contributed by atoms with Crippen LogP contribution < -0.4 is 22.6 Å². The van der Waals surface area contributed by atoms with E-state index in [0.717, 1.165) is 15.7 Å². The van der Waals surface area contributed by atoms with Crippen LogP contribution in [0.1, 0.15) is 5.56 Å². The number of rotatable bonds is 1. The Morgan fingerprint density at radius 2 is 1.69 bits per heavy atom. The molecule has 0 amide bonds. The van der Waals surface area contributed by atoms with Gasteiger partial charge in [-0.1, -0.05) is 6.07 Å². The quantitative estimate of drug-likeness (QED) is 0.447. The highest BCUT2D eigenvalue weighted by Gasteiger charge is 2.11. The number of halogens is 1. The molecule has 0 radical (unpaired) electrons. The summed E-state index contributed by atoms with van der Waals surface area (Å²) in [5.41, 5.74) is 9.06. The summed E-state index contributed by atoms with van der Waals surface area (Å²) in [6.45, 7) is 2.02. The third-order valence-electron chi connectivity index (χ3n) is 2.04. The lowest BCUT2D eigenvalue weighted by Crippen LogP contribution is -3.00. The van der Waals surface area contributed by atoms with Crippen molar-refractivity contribution in [2.45, 2.75) is 6.92 Å². The van der Waals surface area contributed by atoms with E-state index in [1.54, 1.807) is 0 Å². The van der Waals surface area contributed by atoms with Crippen molar-refractivity contribution < 1.29 is 12.4 Å². The Morgan fingerprint density at radius 3 is 2.08 bits per heavy atom. The largest absolute Gasteiger partial charge is 1.00 e. The summed E-state index contributed by atoms with van der Waals surface area (Å²) >= 11 is 0. The van der Waals surface area contributed by atoms with Crippen LogP contribution in [0, 0.1) is 6.92 Å². The molecular weight excluding hydrogens is 184 g/mol. The fourth-order valence-electron chi connectivity index (χ4n) is 1.05. The minimum absolute atomic E-state index is 0. The molecule has 0 saturated heterocycles. The topological polar surface area (TPSA) is 26.0 Å². The average Bonchev–Trinajstić information content (AvgIpc) is 1.92. The zero-order valence-electron chi connectivity index (χ0n) is 8.63. The number of aryl methyl sites for hydroxylation is 1. The molecular formula is C10H17ClN2. The predicted octanol–water partition coefficient (Wildman–Crippen LogP) is -1.22. The first kappa shape index (κ1) is 12.3. The molecule has 0 spiro atoms. The van der Waals surface area contributed by atoms with Gasteiger partial charge in [0.15, 0.2) is 0 Å². The Morgan fingerprint density at radius 1 is 1.15 bits per heavy atom. The van der Waals surface area contributed by atoms with Gasteiger partial charge in [0.05, 0.1) is 21.1 Å². The van der Waals surface area contributed by atoms with Gasteiger partial charge in [-0.15, -0.1) is 0 Å². The standard InChI is InChI=1S/C10H17N2.ClH/c1-8-5-6-9(7-10(8)11)12(2,3)4;/h5-7H,11H2,1-4H3;1H/q+1;/p-1. The summed E-state index contributed by atoms with van der Waals surface area (Å²) in [7, 11) is 6.39. The zero-order valence-corrected chi connectivity index (χ0v) is 9.39. The van der Waals surface area contributed by atoms with E-state index >= 15 is 0 Å². The summed E-state index contributed by atoms with van der Waals surface area (Å²) in [5.74, 6) is 0. The monoisotopic (exact) mass is 200 g/mol. The second-order valence-electron chi connectivity index (χ2n) is 4.05. The second-order valence-corrected chi connectivity index (χ2v) is 4.05. The molecule has 0 aromatic heterocycles. The minimum Gasteiger partial charge on any atom is -1.00 e. The van der Waals surface area contributed by atoms with E-state index in [4.69, 9.17) is 5.73 Å². The molecule has 0 bridgehead atoms. The van der Waals surface area contributed by atoms with Crippen molar-refractivity contribution in [2.24, 2.45) is 0 Å². The average molecular weight is 201 g/mol. The second kappa shape index (κ2) is 3.99. The van der Waals surface area contributed by atoms with Crippen molar-refractivity contribution >= 4 is 11.4 Å². The summed E-state index contributed by atoms with van der Waals surface area (Å²) in [6, 6.07) is 6.22. The maximum Gasteiger partial charge on any atom is 0.134 e. The fraction of sp³-hybridized carbons (Fsp3) is 0.400. The SMILES string of the molecule is Cc1ccc([N+](C)(C)C)cc1N.[Cl-].